The van der Waals surface area contributed by atoms with Crippen LogP contribution in [0.3, 0.4) is 0 Å². The van der Waals surface area contributed by atoms with Crippen LogP contribution in [-0.2, 0) is 4.74 Å². The molecule has 1 aromatic rings. The first-order valence-electron chi connectivity index (χ1n) is 7.75. The molecule has 1 saturated carbocycles. The molecular formula is C17H28N2O2. The van der Waals surface area contributed by atoms with E-state index in [1.807, 2.05) is 0 Å². The van der Waals surface area contributed by atoms with Crippen LogP contribution in [0.1, 0.15) is 54.8 Å². The maximum atomic E-state index is 5.96. The van der Waals surface area contributed by atoms with Gasteiger partial charge in [0.25, 0.3) is 0 Å². The fourth-order valence-electron chi connectivity index (χ4n) is 3.60. The topological polar surface area (TPSA) is 56.5 Å². The van der Waals surface area contributed by atoms with E-state index in [0.717, 1.165) is 29.7 Å². The number of benzene rings is 1. The molecule has 2 rings (SSSR count). The number of hydrazine groups is 1. The highest BCUT2D eigenvalue weighted by molar-refractivity contribution is 5.47. The van der Waals surface area contributed by atoms with E-state index in [1.165, 1.54) is 24.8 Å². The molecule has 0 amide bonds. The van der Waals surface area contributed by atoms with Gasteiger partial charge in [-0.3, -0.25) is 5.84 Å². The van der Waals surface area contributed by atoms with Gasteiger partial charge in [0, 0.05) is 12.7 Å². The molecule has 0 saturated heterocycles. The van der Waals surface area contributed by atoms with Crippen LogP contribution >= 0.6 is 0 Å². The quantitative estimate of drug-likeness (QED) is 0.646. The lowest BCUT2D eigenvalue weighted by Gasteiger charge is -2.42. The molecule has 0 radical (unpaired) electrons. The zero-order chi connectivity index (χ0) is 15.5. The van der Waals surface area contributed by atoms with E-state index in [0.29, 0.717) is 0 Å². The van der Waals surface area contributed by atoms with Gasteiger partial charge in [0.2, 0.25) is 0 Å². The van der Waals surface area contributed by atoms with Crippen LogP contribution in [-0.4, -0.2) is 19.8 Å². The second-order valence-electron chi connectivity index (χ2n) is 6.06. The molecule has 3 N–H and O–H groups in total. The maximum Gasteiger partial charge on any atom is 0.126 e. The Morgan fingerprint density at radius 1 is 1.14 bits per heavy atom. The lowest BCUT2D eigenvalue weighted by atomic mass is 9.76. The highest BCUT2D eigenvalue weighted by atomic mass is 16.5. The molecule has 4 heteroatoms. The summed E-state index contributed by atoms with van der Waals surface area (Å²) in [5.41, 5.74) is 6.23. The predicted molar refractivity (Wildman–Crippen MR) is 85.4 cm³/mol. The van der Waals surface area contributed by atoms with Gasteiger partial charge < -0.3 is 9.47 Å². The Balaban J connectivity index is 2.48. The van der Waals surface area contributed by atoms with E-state index in [-0.39, 0.29) is 11.6 Å². The fourth-order valence-corrected chi connectivity index (χ4v) is 3.60. The summed E-state index contributed by atoms with van der Waals surface area (Å²) in [5.74, 6) is 6.84. The monoisotopic (exact) mass is 292 g/mol. The Labute approximate surface area is 128 Å². The summed E-state index contributed by atoms with van der Waals surface area (Å²) in [6, 6.07) is 4.18. The number of ether oxygens (including phenoxy) is 2. The van der Waals surface area contributed by atoms with Crippen LogP contribution in [0.25, 0.3) is 0 Å². The lowest BCUT2D eigenvalue weighted by molar-refractivity contribution is -0.0692. The molecule has 4 nitrogen and oxygen atoms in total. The van der Waals surface area contributed by atoms with E-state index in [4.69, 9.17) is 15.3 Å². The lowest BCUT2D eigenvalue weighted by Crippen LogP contribution is -2.49. The Kier molecular flexibility index (Phi) is 5.25. The molecule has 1 unspecified atom stereocenters. The van der Waals surface area contributed by atoms with E-state index >= 15 is 0 Å². The van der Waals surface area contributed by atoms with Crippen molar-refractivity contribution in [2.75, 3.05) is 14.2 Å². The van der Waals surface area contributed by atoms with Crippen molar-refractivity contribution in [3.63, 3.8) is 0 Å². The van der Waals surface area contributed by atoms with E-state index in [9.17, 15) is 0 Å². The first-order chi connectivity index (χ1) is 10.1. The molecule has 0 spiro atoms. The van der Waals surface area contributed by atoms with Crippen molar-refractivity contribution >= 4 is 0 Å². The average molecular weight is 292 g/mol. The third-order valence-electron chi connectivity index (χ3n) is 5.02. The van der Waals surface area contributed by atoms with Gasteiger partial charge in [-0.25, -0.2) is 5.43 Å². The zero-order valence-electron chi connectivity index (χ0n) is 13.7. The average Bonchev–Trinajstić information content (AvgIpc) is 2.52. The van der Waals surface area contributed by atoms with Gasteiger partial charge in [-0.15, -0.1) is 0 Å². The highest BCUT2D eigenvalue weighted by Gasteiger charge is 2.41. The Morgan fingerprint density at radius 2 is 1.81 bits per heavy atom. The molecule has 0 heterocycles. The van der Waals surface area contributed by atoms with Crippen LogP contribution in [0.2, 0.25) is 0 Å². The highest BCUT2D eigenvalue weighted by Crippen LogP contribution is 2.44. The van der Waals surface area contributed by atoms with Crippen LogP contribution < -0.4 is 16.0 Å². The zero-order valence-corrected chi connectivity index (χ0v) is 13.7. The molecule has 1 aliphatic carbocycles. The second kappa shape index (κ2) is 6.77. The first-order valence-corrected chi connectivity index (χ1v) is 7.75. The van der Waals surface area contributed by atoms with Gasteiger partial charge in [-0.05, 0) is 37.8 Å². The van der Waals surface area contributed by atoms with Gasteiger partial charge in [0.15, 0.2) is 0 Å². The molecule has 1 atom stereocenters. The number of rotatable bonds is 5. The Hall–Kier alpha value is -1.10. The van der Waals surface area contributed by atoms with Crippen LogP contribution in [0.4, 0.5) is 0 Å². The molecule has 21 heavy (non-hydrogen) atoms. The van der Waals surface area contributed by atoms with Gasteiger partial charge in [-0.2, -0.15) is 0 Å². The third-order valence-corrected chi connectivity index (χ3v) is 5.02. The van der Waals surface area contributed by atoms with E-state index in [1.54, 1.807) is 14.2 Å². The Bertz CT molecular complexity index is 482. The number of hydrogen-bond donors (Lipinski definition) is 2. The van der Waals surface area contributed by atoms with Crippen LogP contribution in [0.15, 0.2) is 12.1 Å². The minimum absolute atomic E-state index is 0.0583. The number of nitrogens with one attached hydrogen (secondary N) is 1. The number of methoxy groups -OCH3 is 2. The van der Waals surface area contributed by atoms with Crippen molar-refractivity contribution < 1.29 is 9.47 Å². The first kappa shape index (κ1) is 16.3. The molecule has 1 fully saturated rings. The normalized spacial score (nSPS) is 19.3. The molecule has 0 aliphatic heterocycles. The SMILES string of the molecule is COc1c(C(NN)C2(OC)CCCCC2)ccc(C)c1C. The number of nitrogens with two attached hydrogens (primary N) is 1. The second-order valence-corrected chi connectivity index (χ2v) is 6.06. The summed E-state index contributed by atoms with van der Waals surface area (Å²) in [7, 11) is 3.52. The van der Waals surface area contributed by atoms with Crippen LogP contribution in [0, 0.1) is 13.8 Å². The number of aryl methyl sites for hydroxylation is 1. The van der Waals surface area contributed by atoms with Crippen molar-refractivity contribution in [2.45, 2.75) is 57.6 Å². The molecule has 0 bridgehead atoms. The van der Waals surface area contributed by atoms with Crippen molar-refractivity contribution in [3.8, 4) is 5.75 Å². The third kappa shape index (κ3) is 2.93. The smallest absolute Gasteiger partial charge is 0.126 e. The summed E-state index contributed by atoms with van der Waals surface area (Å²) >= 11 is 0. The van der Waals surface area contributed by atoms with Gasteiger partial charge in [-0.1, -0.05) is 31.4 Å². The van der Waals surface area contributed by atoms with E-state index < -0.39 is 0 Å². The summed E-state index contributed by atoms with van der Waals surface area (Å²) < 4.78 is 11.6. The maximum absolute atomic E-state index is 5.96. The largest absolute Gasteiger partial charge is 0.496 e. The fraction of sp³-hybridized carbons (Fsp3) is 0.647. The summed E-state index contributed by atoms with van der Waals surface area (Å²) in [6.07, 6.45) is 5.67. The number of hydrogen-bond acceptors (Lipinski definition) is 4. The Morgan fingerprint density at radius 3 is 2.33 bits per heavy atom. The van der Waals surface area contributed by atoms with Gasteiger partial charge in [0.1, 0.15) is 5.75 Å². The molecule has 118 valence electrons. The van der Waals surface area contributed by atoms with Crippen molar-refractivity contribution in [3.05, 3.63) is 28.8 Å². The summed E-state index contributed by atoms with van der Waals surface area (Å²) in [5, 5.41) is 0. The van der Waals surface area contributed by atoms with Gasteiger partial charge >= 0.3 is 0 Å². The van der Waals surface area contributed by atoms with Crippen molar-refractivity contribution in [1.29, 1.82) is 0 Å². The van der Waals surface area contributed by atoms with Gasteiger partial charge in [0.05, 0.1) is 18.8 Å². The van der Waals surface area contributed by atoms with E-state index in [2.05, 4.69) is 31.4 Å². The molecule has 1 aliphatic rings. The standard InChI is InChI=1S/C17H28N2O2/c1-12-8-9-14(15(20-3)13(12)2)16(19-18)17(21-4)10-6-5-7-11-17/h8-9,16,19H,5-7,10-11,18H2,1-4H3. The minimum atomic E-state index is -0.248. The van der Waals surface area contributed by atoms with Crippen molar-refractivity contribution in [2.24, 2.45) is 5.84 Å². The van der Waals surface area contributed by atoms with Crippen LogP contribution in [0.5, 0.6) is 5.75 Å². The summed E-state index contributed by atoms with van der Waals surface area (Å²) in [4.78, 5) is 0. The molecule has 1 aromatic carbocycles. The van der Waals surface area contributed by atoms with Crippen molar-refractivity contribution in [1.82, 2.24) is 5.43 Å². The summed E-state index contributed by atoms with van der Waals surface area (Å²) in [6.45, 7) is 4.19. The molecule has 0 aromatic heterocycles. The molecular weight excluding hydrogens is 264 g/mol. The predicted octanol–water partition coefficient (Wildman–Crippen LogP) is 3.17. The minimum Gasteiger partial charge on any atom is -0.496 e.